The van der Waals surface area contributed by atoms with Crippen LogP contribution in [-0.4, -0.2) is 51.2 Å². The maximum Gasteiger partial charge on any atom is 0.275 e. The predicted molar refractivity (Wildman–Crippen MR) is 82.8 cm³/mol. The average Bonchev–Trinajstić information content (AvgIpc) is 2.66. The molecule has 3 heterocycles. The minimum Gasteiger partial charge on any atom is -0.503 e. The second-order valence-corrected chi connectivity index (χ2v) is 6.60. The van der Waals surface area contributed by atoms with E-state index in [2.05, 4.69) is 18.7 Å². The average molecular weight is 305 g/mol. The second-order valence-electron chi connectivity index (χ2n) is 6.60. The smallest absolute Gasteiger partial charge is 0.275 e. The van der Waals surface area contributed by atoms with Crippen molar-refractivity contribution in [3.8, 4) is 5.75 Å². The monoisotopic (exact) mass is 305 g/mol. The summed E-state index contributed by atoms with van der Waals surface area (Å²) in [7, 11) is 0. The highest BCUT2D eigenvalue weighted by Gasteiger charge is 2.38. The Morgan fingerprint density at radius 3 is 2.73 bits per heavy atom. The number of aromatic hydroxyl groups is 1. The van der Waals surface area contributed by atoms with Crippen LogP contribution in [0.25, 0.3) is 0 Å². The van der Waals surface area contributed by atoms with Gasteiger partial charge in [0.25, 0.3) is 5.91 Å². The van der Waals surface area contributed by atoms with Crippen molar-refractivity contribution in [2.24, 2.45) is 5.92 Å². The summed E-state index contributed by atoms with van der Waals surface area (Å²) in [4.78, 5) is 28.6. The molecule has 0 aromatic carbocycles. The molecule has 1 aromatic rings. The van der Waals surface area contributed by atoms with Gasteiger partial charge in [-0.2, -0.15) is 0 Å². The zero-order chi connectivity index (χ0) is 15.9. The fraction of sp³-hybridized carbons (Fsp3) is 0.625. The Balaban J connectivity index is 2.01. The molecule has 1 unspecified atom stereocenters. The lowest BCUT2D eigenvalue weighted by molar-refractivity contribution is 0.0184. The van der Waals surface area contributed by atoms with Crippen LogP contribution in [0, 0.1) is 5.92 Å². The van der Waals surface area contributed by atoms with Crippen molar-refractivity contribution in [3.05, 3.63) is 28.2 Å². The SMILES string of the molecule is CC(C)CN1CCCCN2C(=O)c3c(O)c(=O)ccn3CC12. The van der Waals surface area contributed by atoms with E-state index in [1.165, 1.54) is 6.07 Å². The van der Waals surface area contributed by atoms with Crippen LogP contribution in [-0.2, 0) is 6.54 Å². The molecule has 2 aliphatic rings. The molecule has 2 aliphatic heterocycles. The van der Waals surface area contributed by atoms with E-state index in [-0.39, 0.29) is 17.8 Å². The van der Waals surface area contributed by atoms with Gasteiger partial charge in [0.05, 0.1) is 6.54 Å². The molecule has 1 fully saturated rings. The maximum absolute atomic E-state index is 12.8. The summed E-state index contributed by atoms with van der Waals surface area (Å²) < 4.78 is 1.72. The lowest BCUT2D eigenvalue weighted by Crippen LogP contribution is -2.56. The lowest BCUT2D eigenvalue weighted by atomic mass is 10.1. The number of carbonyl (C=O) groups is 1. The zero-order valence-electron chi connectivity index (χ0n) is 13.2. The van der Waals surface area contributed by atoms with E-state index in [9.17, 15) is 14.7 Å². The second kappa shape index (κ2) is 5.76. The minimum atomic E-state index is -0.494. The first-order chi connectivity index (χ1) is 10.5. The first kappa shape index (κ1) is 15.1. The molecule has 1 aromatic heterocycles. The summed E-state index contributed by atoms with van der Waals surface area (Å²) in [5, 5.41) is 9.99. The molecule has 1 atom stereocenters. The molecule has 120 valence electrons. The minimum absolute atomic E-state index is 0.00630. The Hall–Kier alpha value is -1.82. The number of rotatable bonds is 2. The van der Waals surface area contributed by atoms with Crippen LogP contribution in [0.4, 0.5) is 0 Å². The van der Waals surface area contributed by atoms with Gasteiger partial charge in [-0.25, -0.2) is 0 Å². The van der Waals surface area contributed by atoms with Crippen LogP contribution in [0.2, 0.25) is 0 Å². The number of nitrogens with zero attached hydrogens (tertiary/aromatic N) is 3. The van der Waals surface area contributed by atoms with Crippen molar-refractivity contribution >= 4 is 5.91 Å². The summed E-state index contributed by atoms with van der Waals surface area (Å²) in [5.74, 6) is -0.133. The van der Waals surface area contributed by atoms with Gasteiger partial charge in [-0.15, -0.1) is 0 Å². The van der Waals surface area contributed by atoms with Crippen LogP contribution in [0.1, 0.15) is 37.2 Å². The van der Waals surface area contributed by atoms with E-state index in [0.29, 0.717) is 19.0 Å². The third-order valence-electron chi connectivity index (χ3n) is 4.45. The number of aromatic nitrogens is 1. The molecule has 0 aliphatic carbocycles. The molecule has 0 radical (unpaired) electrons. The fourth-order valence-corrected chi connectivity index (χ4v) is 3.48. The van der Waals surface area contributed by atoms with Crippen molar-refractivity contribution in [2.45, 2.75) is 39.4 Å². The van der Waals surface area contributed by atoms with Crippen molar-refractivity contribution in [1.29, 1.82) is 0 Å². The van der Waals surface area contributed by atoms with E-state index in [1.807, 2.05) is 4.90 Å². The van der Waals surface area contributed by atoms with Gasteiger partial charge in [0.1, 0.15) is 6.17 Å². The molecule has 6 heteroatoms. The normalized spacial score (nSPS) is 22.4. The quantitative estimate of drug-likeness (QED) is 0.888. The molecule has 0 spiro atoms. The molecular weight excluding hydrogens is 282 g/mol. The number of pyridine rings is 1. The first-order valence-electron chi connectivity index (χ1n) is 7.96. The van der Waals surface area contributed by atoms with E-state index in [0.717, 1.165) is 25.9 Å². The van der Waals surface area contributed by atoms with Gasteiger partial charge in [0.15, 0.2) is 11.4 Å². The van der Waals surface area contributed by atoms with Crippen LogP contribution in [0.3, 0.4) is 0 Å². The topological polar surface area (TPSA) is 65.8 Å². The van der Waals surface area contributed by atoms with Crippen LogP contribution < -0.4 is 5.43 Å². The molecule has 3 rings (SSSR count). The molecule has 1 N–H and O–H groups in total. The fourth-order valence-electron chi connectivity index (χ4n) is 3.48. The molecule has 0 saturated carbocycles. The highest BCUT2D eigenvalue weighted by molar-refractivity contribution is 5.96. The Morgan fingerprint density at radius 1 is 1.27 bits per heavy atom. The lowest BCUT2D eigenvalue weighted by Gasteiger charge is -2.42. The summed E-state index contributed by atoms with van der Waals surface area (Å²) in [5.41, 5.74) is -0.359. The van der Waals surface area contributed by atoms with Gasteiger partial charge in [-0.05, 0) is 18.8 Å². The summed E-state index contributed by atoms with van der Waals surface area (Å²) in [6.07, 6.45) is 3.64. The zero-order valence-corrected chi connectivity index (χ0v) is 13.2. The molecule has 22 heavy (non-hydrogen) atoms. The van der Waals surface area contributed by atoms with E-state index in [1.54, 1.807) is 10.8 Å². The molecule has 1 amide bonds. The summed E-state index contributed by atoms with van der Waals surface area (Å²) >= 11 is 0. The molecule has 0 bridgehead atoms. The largest absolute Gasteiger partial charge is 0.503 e. The third kappa shape index (κ3) is 2.52. The van der Waals surface area contributed by atoms with E-state index >= 15 is 0 Å². The van der Waals surface area contributed by atoms with E-state index in [4.69, 9.17) is 0 Å². The van der Waals surface area contributed by atoms with Gasteiger partial charge >= 0.3 is 0 Å². The Bertz CT molecular complexity index is 638. The van der Waals surface area contributed by atoms with Crippen molar-refractivity contribution in [2.75, 3.05) is 19.6 Å². The number of fused-ring (bicyclic) bond motifs is 2. The van der Waals surface area contributed by atoms with Gasteiger partial charge in [-0.1, -0.05) is 13.8 Å². The Labute approximate surface area is 130 Å². The van der Waals surface area contributed by atoms with Gasteiger partial charge in [0.2, 0.25) is 5.43 Å². The molecule has 1 saturated heterocycles. The standard InChI is InChI=1S/C16H23N3O3/c1-11(2)9-17-6-3-4-7-19-13(17)10-18-8-5-12(20)15(21)14(18)16(19)22/h5,8,11,13,21H,3-4,6-7,9-10H2,1-2H3. The number of carbonyl (C=O) groups excluding carboxylic acids is 1. The highest BCUT2D eigenvalue weighted by Crippen LogP contribution is 2.27. The summed E-state index contributed by atoms with van der Waals surface area (Å²) in [6, 6.07) is 1.32. The highest BCUT2D eigenvalue weighted by atomic mass is 16.3. The molecule has 6 nitrogen and oxygen atoms in total. The summed E-state index contributed by atoms with van der Waals surface area (Å²) in [6.45, 7) is 7.55. The van der Waals surface area contributed by atoms with Crippen molar-refractivity contribution < 1.29 is 9.90 Å². The van der Waals surface area contributed by atoms with Crippen LogP contribution >= 0.6 is 0 Å². The van der Waals surface area contributed by atoms with Crippen LogP contribution in [0.5, 0.6) is 5.75 Å². The Morgan fingerprint density at radius 2 is 2.00 bits per heavy atom. The van der Waals surface area contributed by atoms with Crippen molar-refractivity contribution in [1.82, 2.24) is 14.4 Å². The first-order valence-corrected chi connectivity index (χ1v) is 7.96. The number of amides is 1. The van der Waals surface area contributed by atoms with Crippen molar-refractivity contribution in [3.63, 3.8) is 0 Å². The van der Waals surface area contributed by atoms with Gasteiger partial charge < -0.3 is 14.6 Å². The van der Waals surface area contributed by atoms with E-state index < -0.39 is 11.2 Å². The maximum atomic E-state index is 12.8. The number of hydrogen-bond donors (Lipinski definition) is 1. The number of hydrogen-bond acceptors (Lipinski definition) is 4. The van der Waals surface area contributed by atoms with Gasteiger partial charge in [0, 0.05) is 31.9 Å². The van der Waals surface area contributed by atoms with Crippen LogP contribution in [0.15, 0.2) is 17.1 Å². The van der Waals surface area contributed by atoms with Gasteiger partial charge in [-0.3, -0.25) is 14.5 Å². The predicted octanol–water partition coefficient (Wildman–Crippen LogP) is 1.09. The third-order valence-corrected chi connectivity index (χ3v) is 4.45. The molecular formula is C16H23N3O3. The Kier molecular flexibility index (Phi) is 3.95.